The Morgan fingerprint density at radius 2 is 2.15 bits per heavy atom. The number of nitrogens with one attached hydrogen (secondary N) is 1. The number of amides is 1. The number of carbonyl (C=O) groups is 1. The van der Waals surface area contributed by atoms with Crippen LogP contribution in [0.3, 0.4) is 0 Å². The van der Waals surface area contributed by atoms with Crippen molar-refractivity contribution in [2.24, 2.45) is 0 Å². The summed E-state index contributed by atoms with van der Waals surface area (Å²) in [4.78, 5) is 11.1. The smallest absolute Gasteiger partial charge is 0.322 e. The molecular weight excluding hydrogens is 170 g/mol. The molecule has 70 valence electrons. The third kappa shape index (κ3) is 3.06. The zero-order valence-electron chi connectivity index (χ0n) is 7.79. The second kappa shape index (κ2) is 3.84. The van der Waals surface area contributed by atoms with Crippen molar-refractivity contribution in [2.75, 3.05) is 5.32 Å². The van der Waals surface area contributed by atoms with Crippen molar-refractivity contribution >= 4 is 11.9 Å². The molecule has 1 aromatic rings. The van der Waals surface area contributed by atoms with Crippen LogP contribution in [-0.4, -0.2) is 16.1 Å². The van der Waals surface area contributed by atoms with E-state index >= 15 is 0 Å². The fraction of sp³-hybridized carbons (Fsp3) is 0.375. The molecule has 0 spiro atoms. The summed E-state index contributed by atoms with van der Waals surface area (Å²) < 4.78 is 4.95. The summed E-state index contributed by atoms with van der Waals surface area (Å²) in [6.45, 7) is 5.32. The first-order valence-electron chi connectivity index (χ1n) is 3.84. The van der Waals surface area contributed by atoms with Gasteiger partial charge in [0.25, 0.3) is 5.91 Å². The minimum Gasteiger partial charge on any atom is -0.408 e. The van der Waals surface area contributed by atoms with Gasteiger partial charge in [0, 0.05) is 13.0 Å². The predicted molar refractivity (Wildman–Crippen MR) is 47.1 cm³/mol. The van der Waals surface area contributed by atoms with Gasteiger partial charge in [-0.2, -0.15) is 0 Å². The van der Waals surface area contributed by atoms with Gasteiger partial charge >= 0.3 is 6.01 Å². The summed E-state index contributed by atoms with van der Waals surface area (Å²) in [7, 11) is 0. The average Bonchev–Trinajstić information content (AvgIpc) is 2.33. The summed E-state index contributed by atoms with van der Waals surface area (Å²) in [5, 5.41) is 9.62. The molecule has 1 N–H and O–H groups in total. The Kier molecular flexibility index (Phi) is 2.79. The Balaban J connectivity index is 2.60. The molecule has 0 unspecified atom stereocenters. The van der Waals surface area contributed by atoms with Crippen LogP contribution in [0.2, 0.25) is 0 Å². The van der Waals surface area contributed by atoms with Crippen molar-refractivity contribution in [3.05, 3.63) is 17.5 Å². The zero-order chi connectivity index (χ0) is 9.84. The number of nitrogens with zero attached hydrogens (tertiary/aromatic N) is 2. The van der Waals surface area contributed by atoms with Gasteiger partial charge in [0.05, 0.1) is 0 Å². The summed E-state index contributed by atoms with van der Waals surface area (Å²) in [6, 6.07) is 0.125. The van der Waals surface area contributed by atoms with Crippen LogP contribution in [-0.2, 0) is 4.79 Å². The number of anilines is 1. The minimum atomic E-state index is -0.261. The van der Waals surface area contributed by atoms with Gasteiger partial charge in [-0.3, -0.25) is 10.1 Å². The Morgan fingerprint density at radius 1 is 1.46 bits per heavy atom. The van der Waals surface area contributed by atoms with Crippen molar-refractivity contribution < 1.29 is 9.21 Å². The molecule has 0 aliphatic rings. The molecule has 0 radical (unpaired) electrons. The number of hydrogen-bond donors (Lipinski definition) is 1. The molecule has 1 heterocycles. The minimum absolute atomic E-state index is 0.125. The molecule has 1 rings (SSSR count). The highest BCUT2D eigenvalue weighted by molar-refractivity contribution is 5.98. The Labute approximate surface area is 75.8 Å². The van der Waals surface area contributed by atoms with Crippen molar-refractivity contribution in [1.82, 2.24) is 10.2 Å². The van der Waals surface area contributed by atoms with Gasteiger partial charge in [0.1, 0.15) is 0 Å². The first kappa shape index (κ1) is 9.44. The van der Waals surface area contributed by atoms with E-state index in [9.17, 15) is 4.79 Å². The van der Waals surface area contributed by atoms with E-state index < -0.39 is 0 Å². The molecule has 1 aromatic heterocycles. The first-order chi connectivity index (χ1) is 6.08. The second-order valence-corrected chi connectivity index (χ2v) is 2.84. The van der Waals surface area contributed by atoms with Crippen LogP contribution in [0.15, 0.2) is 16.1 Å². The fourth-order valence-electron chi connectivity index (χ4n) is 0.751. The molecule has 5 heteroatoms. The lowest BCUT2D eigenvalue weighted by atomic mass is 10.3. The topological polar surface area (TPSA) is 68.0 Å². The molecule has 13 heavy (non-hydrogen) atoms. The van der Waals surface area contributed by atoms with Gasteiger partial charge in [-0.1, -0.05) is 10.7 Å². The molecular formula is C8H11N3O2. The van der Waals surface area contributed by atoms with Gasteiger partial charge < -0.3 is 4.42 Å². The fourth-order valence-corrected chi connectivity index (χ4v) is 0.751. The number of aromatic nitrogens is 2. The zero-order valence-corrected chi connectivity index (χ0v) is 7.79. The van der Waals surface area contributed by atoms with Crippen LogP contribution in [0.4, 0.5) is 6.01 Å². The average molecular weight is 181 g/mol. The lowest BCUT2D eigenvalue weighted by Crippen LogP contribution is -2.08. The van der Waals surface area contributed by atoms with E-state index in [0.717, 1.165) is 5.57 Å². The maximum absolute atomic E-state index is 11.1. The highest BCUT2D eigenvalue weighted by Gasteiger charge is 2.04. The molecule has 0 saturated heterocycles. The van der Waals surface area contributed by atoms with E-state index in [4.69, 9.17) is 4.42 Å². The van der Waals surface area contributed by atoms with E-state index in [1.165, 1.54) is 6.08 Å². The lowest BCUT2D eigenvalue weighted by Gasteiger charge is -1.93. The van der Waals surface area contributed by atoms with Crippen LogP contribution in [0.25, 0.3) is 0 Å². The molecule has 0 aliphatic carbocycles. The van der Waals surface area contributed by atoms with E-state index in [-0.39, 0.29) is 11.9 Å². The van der Waals surface area contributed by atoms with E-state index in [1.807, 2.05) is 13.8 Å². The molecule has 0 atom stereocenters. The molecule has 0 bridgehead atoms. The van der Waals surface area contributed by atoms with Crippen molar-refractivity contribution in [1.29, 1.82) is 0 Å². The summed E-state index contributed by atoms with van der Waals surface area (Å²) in [6.07, 6.45) is 1.46. The Hall–Kier alpha value is -1.65. The predicted octanol–water partition coefficient (Wildman–Crippen LogP) is 1.28. The Morgan fingerprint density at radius 3 is 2.62 bits per heavy atom. The maximum Gasteiger partial charge on any atom is 0.322 e. The number of rotatable bonds is 2. The third-order valence-corrected chi connectivity index (χ3v) is 1.18. The number of carbonyl (C=O) groups excluding carboxylic acids is 1. The largest absolute Gasteiger partial charge is 0.408 e. The Bertz CT molecular complexity index is 337. The summed E-state index contributed by atoms with van der Waals surface area (Å²) >= 11 is 0. The van der Waals surface area contributed by atoms with Crippen LogP contribution in [0, 0.1) is 6.92 Å². The quantitative estimate of drug-likeness (QED) is 0.698. The maximum atomic E-state index is 11.1. The monoisotopic (exact) mass is 181 g/mol. The highest BCUT2D eigenvalue weighted by Crippen LogP contribution is 2.03. The third-order valence-electron chi connectivity index (χ3n) is 1.18. The van der Waals surface area contributed by atoms with E-state index in [2.05, 4.69) is 15.5 Å². The normalized spacial score (nSPS) is 9.46. The van der Waals surface area contributed by atoms with Gasteiger partial charge in [-0.05, 0) is 13.8 Å². The lowest BCUT2D eigenvalue weighted by molar-refractivity contribution is -0.112. The SMILES string of the molecule is CC(C)=CC(=O)Nc1nnc(C)o1. The van der Waals surface area contributed by atoms with Crippen LogP contribution < -0.4 is 5.32 Å². The van der Waals surface area contributed by atoms with E-state index in [1.54, 1.807) is 6.92 Å². The van der Waals surface area contributed by atoms with Gasteiger partial charge in [-0.25, -0.2) is 0 Å². The van der Waals surface area contributed by atoms with Gasteiger partial charge in [0.15, 0.2) is 0 Å². The number of hydrogen-bond acceptors (Lipinski definition) is 4. The first-order valence-corrected chi connectivity index (χ1v) is 3.84. The van der Waals surface area contributed by atoms with Crippen molar-refractivity contribution in [2.45, 2.75) is 20.8 Å². The van der Waals surface area contributed by atoms with Crippen LogP contribution >= 0.6 is 0 Å². The molecule has 0 fully saturated rings. The molecule has 0 aromatic carbocycles. The standard InChI is InChI=1S/C8H11N3O2/c1-5(2)4-7(12)9-8-11-10-6(3)13-8/h4H,1-3H3,(H,9,11,12). The number of allylic oxidation sites excluding steroid dienone is 1. The van der Waals surface area contributed by atoms with Crippen LogP contribution in [0.5, 0.6) is 0 Å². The molecule has 5 nitrogen and oxygen atoms in total. The molecule has 1 amide bonds. The number of aryl methyl sites for hydroxylation is 1. The summed E-state index contributed by atoms with van der Waals surface area (Å²) in [5.41, 5.74) is 0.911. The van der Waals surface area contributed by atoms with Crippen molar-refractivity contribution in [3.63, 3.8) is 0 Å². The molecule has 0 aliphatic heterocycles. The summed E-state index contributed by atoms with van der Waals surface area (Å²) in [5.74, 6) is 0.163. The van der Waals surface area contributed by atoms with Crippen LogP contribution in [0.1, 0.15) is 19.7 Å². The van der Waals surface area contributed by atoms with Gasteiger partial charge in [0.2, 0.25) is 5.89 Å². The highest BCUT2D eigenvalue weighted by atomic mass is 16.4. The van der Waals surface area contributed by atoms with E-state index in [0.29, 0.717) is 5.89 Å². The van der Waals surface area contributed by atoms with Gasteiger partial charge in [-0.15, -0.1) is 5.10 Å². The molecule has 0 saturated carbocycles. The van der Waals surface area contributed by atoms with Crippen molar-refractivity contribution in [3.8, 4) is 0 Å². The second-order valence-electron chi connectivity index (χ2n) is 2.84.